The lowest BCUT2D eigenvalue weighted by molar-refractivity contribution is 0.0553. The number of carbonyl (C=O) groups is 8. The van der Waals surface area contributed by atoms with Crippen molar-refractivity contribution in [2.45, 2.75) is 233 Å². The first-order valence-electron chi connectivity index (χ1n) is 39.6. The third-order valence-corrected chi connectivity index (χ3v) is 23.6. The van der Waals surface area contributed by atoms with Crippen LogP contribution < -0.4 is 0 Å². The second-order valence-corrected chi connectivity index (χ2v) is 29.6. The van der Waals surface area contributed by atoms with Crippen molar-refractivity contribution in [1.82, 2.24) is 0 Å². The SMILES string of the molecule is CCCCc1c(C(=O)OC)c(C(=O)OC)c(CCCC)c2cc3c(cc12)C1c2cc4c(CCCC)c(C(=O)OC)c(C(=O)OC)c(CCCC)c4cc2C3C2c3cc4c(CCCC)c(C(=O)OC)c(C(=O)OC)c(CCCC)c4cc3C1c1cc3c(CCCC)c(C(=O)OC)c(C(=O)OC)c(CCCC)c3cc12. The van der Waals surface area contributed by atoms with Crippen molar-refractivity contribution in [2.75, 3.05) is 56.9 Å². The highest BCUT2D eigenvalue weighted by Gasteiger charge is 2.52. The highest BCUT2D eigenvalue weighted by Crippen LogP contribution is 2.67. The number of ether oxygens (including phenoxy) is 8. The molecule has 0 radical (unpaired) electrons. The summed E-state index contributed by atoms with van der Waals surface area (Å²) in [5.41, 5.74) is 14.7. The van der Waals surface area contributed by atoms with Crippen molar-refractivity contribution in [3.05, 3.63) is 182 Å². The van der Waals surface area contributed by atoms with E-state index in [1.165, 1.54) is 56.9 Å². The molecule has 0 heterocycles. The van der Waals surface area contributed by atoms with Crippen LogP contribution in [-0.4, -0.2) is 105 Å². The maximum atomic E-state index is 15.0. The van der Waals surface area contributed by atoms with Crippen LogP contribution in [0.3, 0.4) is 0 Å². The van der Waals surface area contributed by atoms with Gasteiger partial charge in [0.05, 0.1) is 101 Å². The Labute approximate surface area is 635 Å². The zero-order valence-corrected chi connectivity index (χ0v) is 66.4. The van der Waals surface area contributed by atoms with Crippen LogP contribution in [0.2, 0.25) is 0 Å². The molecule has 14 rings (SSSR count). The van der Waals surface area contributed by atoms with Crippen LogP contribution >= 0.6 is 0 Å². The van der Waals surface area contributed by atoms with Gasteiger partial charge in [-0.25, -0.2) is 38.4 Å². The average Bonchev–Trinajstić information content (AvgIpc) is 0.668. The first-order valence-corrected chi connectivity index (χ1v) is 39.6. The van der Waals surface area contributed by atoms with Gasteiger partial charge in [-0.1, -0.05) is 107 Å². The topological polar surface area (TPSA) is 210 Å². The number of hydrogen-bond donors (Lipinski definition) is 0. The number of methoxy groups -OCH3 is 8. The molecule has 0 fully saturated rings. The third-order valence-electron chi connectivity index (χ3n) is 23.6. The number of esters is 8. The molecular formula is C92H108O16. The van der Waals surface area contributed by atoms with Crippen molar-refractivity contribution >= 4 is 90.8 Å². The van der Waals surface area contributed by atoms with E-state index in [1.54, 1.807) is 0 Å². The molecule has 0 N–H and O–H groups in total. The lowest BCUT2D eigenvalue weighted by atomic mass is 9.52. The van der Waals surface area contributed by atoms with Gasteiger partial charge in [0.1, 0.15) is 0 Å². The maximum Gasteiger partial charge on any atom is 0.339 e. The number of fused-ring (bicyclic) bond motifs is 4. The Bertz CT molecular complexity index is 4020. The molecule has 16 heteroatoms. The summed E-state index contributed by atoms with van der Waals surface area (Å²) in [6.07, 6.45) is 14.9. The smallest absolute Gasteiger partial charge is 0.339 e. The zero-order valence-electron chi connectivity index (χ0n) is 66.4. The first kappa shape index (κ1) is 79.6. The number of benzene rings is 8. The maximum absolute atomic E-state index is 15.0. The lowest BCUT2D eigenvalue weighted by Crippen LogP contribution is -2.36. The lowest BCUT2D eigenvalue weighted by Gasteiger charge is -2.51. The van der Waals surface area contributed by atoms with Crippen LogP contribution in [0.4, 0.5) is 0 Å². The van der Waals surface area contributed by atoms with Gasteiger partial charge in [-0.2, -0.15) is 0 Å². The molecule has 0 spiro atoms. The Morgan fingerprint density at radius 2 is 0.306 bits per heavy atom. The highest BCUT2D eigenvalue weighted by atomic mass is 16.5. The van der Waals surface area contributed by atoms with E-state index in [9.17, 15) is 38.4 Å². The Morgan fingerprint density at radius 3 is 0.389 bits per heavy atom. The quantitative estimate of drug-likeness (QED) is 0.0283. The first-order chi connectivity index (χ1) is 52.3. The number of unbranched alkanes of at least 4 members (excludes halogenated alkanes) is 8. The van der Waals surface area contributed by atoms with Crippen LogP contribution in [0.25, 0.3) is 43.1 Å². The average molecular weight is 1470 g/mol. The van der Waals surface area contributed by atoms with E-state index >= 15 is 0 Å². The second kappa shape index (κ2) is 34.4. The predicted octanol–water partition coefficient (Wildman–Crippen LogP) is 20.2. The van der Waals surface area contributed by atoms with Gasteiger partial charge in [0.15, 0.2) is 0 Å². The minimum Gasteiger partial charge on any atom is -0.465 e. The van der Waals surface area contributed by atoms with Crippen LogP contribution in [0.15, 0.2) is 48.5 Å². The standard InChI is InChI=1S/C92H108O16/c1-17-25-33-49-57-41-65-66(42-58(57)50(34-26-18-2)78(86(94)102-10)77(49)85(93)101-9)74-68-44-60-52(36-28-20-4)80(88(96)104-12)79(87(95)103-11)51(35-27-19-3)59(60)43-67(68)73(65)75-69-45-61-53(37-29-21-5)81(89(97)105-13)83(91(99)107-15)55(39-31-23-7)63(61)47-71(69)76(74)72-48-64-56(40-32-24-8)84(92(100)108-16)82(90(98)106-14)54(38-30-22-6)62(64)46-70(72)75/h41-48,73-76H,17-40H2,1-16H3. The van der Waals surface area contributed by atoms with E-state index in [1.807, 2.05) is 0 Å². The Kier molecular flexibility index (Phi) is 25.4. The normalized spacial score (nSPS) is 15.1. The van der Waals surface area contributed by atoms with Crippen LogP contribution in [0, 0.1) is 0 Å². The number of aryl methyl sites for hydroxylation is 8. The fourth-order valence-corrected chi connectivity index (χ4v) is 18.6. The van der Waals surface area contributed by atoms with Crippen molar-refractivity contribution in [3.8, 4) is 0 Å². The minimum atomic E-state index is -0.644. The van der Waals surface area contributed by atoms with Gasteiger partial charge in [0, 0.05) is 23.7 Å². The van der Waals surface area contributed by atoms with Gasteiger partial charge < -0.3 is 37.9 Å². The fraction of sp³-hybridized carbons (Fsp3) is 0.478. The Balaban J connectivity index is 1.50. The van der Waals surface area contributed by atoms with Gasteiger partial charge in [-0.3, -0.25) is 0 Å². The van der Waals surface area contributed by atoms with Crippen molar-refractivity contribution in [1.29, 1.82) is 0 Å². The van der Waals surface area contributed by atoms with Gasteiger partial charge in [-0.15, -0.1) is 0 Å². The van der Waals surface area contributed by atoms with E-state index in [0.717, 1.165) is 139 Å². The van der Waals surface area contributed by atoms with Crippen molar-refractivity contribution in [3.63, 3.8) is 0 Å². The molecule has 0 aromatic heterocycles. The molecule has 0 saturated heterocycles. The van der Waals surface area contributed by atoms with Gasteiger partial charge in [0.25, 0.3) is 0 Å². The fourth-order valence-electron chi connectivity index (χ4n) is 18.6. The summed E-state index contributed by atoms with van der Waals surface area (Å²) in [4.78, 5) is 120. The molecule has 8 aromatic rings. The van der Waals surface area contributed by atoms with Crippen molar-refractivity contribution in [2.24, 2.45) is 0 Å². The molecule has 16 nitrogen and oxygen atoms in total. The highest BCUT2D eigenvalue weighted by molar-refractivity contribution is 6.16. The predicted molar refractivity (Wildman–Crippen MR) is 423 cm³/mol. The molecule has 108 heavy (non-hydrogen) atoms. The molecule has 0 unspecified atom stereocenters. The summed E-state index contributed by atoms with van der Waals surface area (Å²) >= 11 is 0. The number of rotatable bonds is 32. The molecule has 0 saturated carbocycles. The molecule has 6 aliphatic rings. The molecule has 8 aromatic carbocycles. The summed E-state index contributed by atoms with van der Waals surface area (Å²) in [7, 11) is 10.8. The molecule has 0 atom stereocenters. The zero-order chi connectivity index (χ0) is 77.7. The van der Waals surface area contributed by atoms with E-state index < -0.39 is 71.4 Å². The number of carbonyl (C=O) groups excluding carboxylic acids is 8. The third kappa shape index (κ3) is 13.6. The number of hydrogen-bond acceptors (Lipinski definition) is 16. The van der Waals surface area contributed by atoms with Crippen molar-refractivity contribution < 1.29 is 76.3 Å². The van der Waals surface area contributed by atoms with E-state index in [-0.39, 0.29) is 44.5 Å². The van der Waals surface area contributed by atoms with Crippen LogP contribution in [0.1, 0.15) is 354 Å². The van der Waals surface area contributed by atoms with Gasteiger partial charge in [-0.05, 0) is 283 Å². The monoisotopic (exact) mass is 1470 g/mol. The molecule has 0 aliphatic heterocycles. The molecule has 6 aliphatic carbocycles. The van der Waals surface area contributed by atoms with Crippen LogP contribution in [-0.2, 0) is 89.3 Å². The summed E-state index contributed by atoms with van der Waals surface area (Å²) in [5, 5.41) is 6.48. The largest absolute Gasteiger partial charge is 0.465 e. The van der Waals surface area contributed by atoms with E-state index in [2.05, 4.69) is 104 Å². The summed E-state index contributed by atoms with van der Waals surface area (Å²) < 4.78 is 45.9. The Hall–Kier alpha value is -9.44. The minimum absolute atomic E-state index is 0.184. The summed E-state index contributed by atoms with van der Waals surface area (Å²) in [6, 6.07) is 18.4. The van der Waals surface area contributed by atoms with Gasteiger partial charge >= 0.3 is 47.8 Å². The summed E-state index contributed by atoms with van der Waals surface area (Å²) in [6.45, 7) is 16.8. The van der Waals surface area contributed by atoms with E-state index in [0.29, 0.717) is 147 Å². The molecule has 572 valence electrons. The Morgan fingerprint density at radius 1 is 0.204 bits per heavy atom. The van der Waals surface area contributed by atoms with Crippen LogP contribution in [0.5, 0.6) is 0 Å². The van der Waals surface area contributed by atoms with E-state index in [4.69, 9.17) is 37.9 Å². The van der Waals surface area contributed by atoms with Gasteiger partial charge in [0.2, 0.25) is 0 Å². The second-order valence-electron chi connectivity index (χ2n) is 29.6. The molecule has 4 bridgehead atoms. The molecular weight excluding hydrogens is 1360 g/mol. The summed E-state index contributed by atoms with van der Waals surface area (Å²) in [5.74, 6) is -7.72. The molecule has 0 amide bonds.